The standard InChI is InChI=1S/C15H20F3N3O3/c1-10(14(23)19-9-15(16,17)18)21(2)8-13(22)20-11-5-4-6-12(7-11)24-3/h4-7,10H,8-9H2,1-3H3,(H,19,23)(H,20,22)/t10-/m1/s1. The molecule has 0 aliphatic heterocycles. The summed E-state index contributed by atoms with van der Waals surface area (Å²) in [4.78, 5) is 25.0. The van der Waals surface area contributed by atoms with Crippen LogP contribution in [0, 0.1) is 0 Å². The van der Waals surface area contributed by atoms with Gasteiger partial charge in [0.05, 0.1) is 19.7 Å². The molecule has 2 amide bonds. The minimum absolute atomic E-state index is 0.155. The van der Waals surface area contributed by atoms with Gasteiger partial charge in [0.2, 0.25) is 11.8 Å². The normalized spacial score (nSPS) is 12.6. The van der Waals surface area contributed by atoms with Gasteiger partial charge in [0, 0.05) is 11.8 Å². The molecule has 0 spiro atoms. The SMILES string of the molecule is COc1cccc(NC(=O)CN(C)[C@H](C)C(=O)NCC(F)(F)F)c1. The number of nitrogens with zero attached hydrogens (tertiary/aromatic N) is 1. The van der Waals surface area contributed by atoms with E-state index in [0.29, 0.717) is 11.4 Å². The van der Waals surface area contributed by atoms with Crippen LogP contribution in [0.4, 0.5) is 18.9 Å². The Labute approximate surface area is 138 Å². The van der Waals surface area contributed by atoms with Crippen LogP contribution >= 0.6 is 0 Å². The first-order chi connectivity index (χ1) is 11.1. The summed E-state index contributed by atoms with van der Waals surface area (Å²) >= 11 is 0. The molecule has 1 aromatic rings. The molecule has 1 atom stereocenters. The fourth-order valence-corrected chi connectivity index (χ4v) is 1.80. The first-order valence-corrected chi connectivity index (χ1v) is 7.11. The van der Waals surface area contributed by atoms with Crippen LogP contribution in [0.1, 0.15) is 6.92 Å². The predicted octanol–water partition coefficient (Wildman–Crippen LogP) is 1.63. The Balaban J connectivity index is 2.51. The van der Waals surface area contributed by atoms with Crippen molar-refractivity contribution >= 4 is 17.5 Å². The van der Waals surface area contributed by atoms with E-state index in [1.807, 2.05) is 0 Å². The van der Waals surface area contributed by atoms with E-state index in [4.69, 9.17) is 4.74 Å². The van der Waals surface area contributed by atoms with Crippen LogP contribution in [0.25, 0.3) is 0 Å². The summed E-state index contributed by atoms with van der Waals surface area (Å²) in [6.07, 6.45) is -4.47. The highest BCUT2D eigenvalue weighted by Crippen LogP contribution is 2.16. The van der Waals surface area contributed by atoms with E-state index in [9.17, 15) is 22.8 Å². The molecule has 0 aliphatic rings. The third kappa shape index (κ3) is 6.86. The zero-order valence-electron chi connectivity index (χ0n) is 13.6. The van der Waals surface area contributed by atoms with Crippen molar-refractivity contribution in [1.29, 1.82) is 0 Å². The Morgan fingerprint density at radius 1 is 1.33 bits per heavy atom. The van der Waals surface area contributed by atoms with Crippen LogP contribution in [-0.2, 0) is 9.59 Å². The van der Waals surface area contributed by atoms with Gasteiger partial charge in [-0.15, -0.1) is 0 Å². The van der Waals surface area contributed by atoms with Crippen molar-refractivity contribution in [2.24, 2.45) is 0 Å². The third-order valence-corrected chi connectivity index (χ3v) is 3.25. The Morgan fingerprint density at radius 2 is 2.00 bits per heavy atom. The largest absolute Gasteiger partial charge is 0.497 e. The number of likely N-dealkylation sites (N-methyl/N-ethyl adjacent to an activating group) is 1. The van der Waals surface area contributed by atoms with Crippen LogP contribution in [0.5, 0.6) is 5.75 Å². The molecule has 0 heterocycles. The van der Waals surface area contributed by atoms with Crippen LogP contribution in [0.3, 0.4) is 0 Å². The van der Waals surface area contributed by atoms with Gasteiger partial charge >= 0.3 is 6.18 Å². The van der Waals surface area contributed by atoms with Gasteiger partial charge in [0.1, 0.15) is 12.3 Å². The van der Waals surface area contributed by atoms with Gasteiger partial charge < -0.3 is 15.4 Å². The van der Waals surface area contributed by atoms with E-state index >= 15 is 0 Å². The molecule has 0 saturated carbocycles. The quantitative estimate of drug-likeness (QED) is 0.787. The summed E-state index contributed by atoms with van der Waals surface area (Å²) in [7, 11) is 2.97. The molecule has 134 valence electrons. The number of halogens is 3. The molecule has 0 bridgehead atoms. The fraction of sp³-hybridized carbons (Fsp3) is 0.467. The van der Waals surface area contributed by atoms with Crippen LogP contribution < -0.4 is 15.4 Å². The van der Waals surface area contributed by atoms with Crippen LogP contribution in [-0.4, -0.2) is 56.2 Å². The molecule has 0 aliphatic carbocycles. The maximum absolute atomic E-state index is 12.1. The predicted molar refractivity (Wildman–Crippen MR) is 82.8 cm³/mol. The lowest BCUT2D eigenvalue weighted by Crippen LogP contribution is -2.47. The van der Waals surface area contributed by atoms with E-state index in [2.05, 4.69) is 5.32 Å². The Morgan fingerprint density at radius 3 is 2.58 bits per heavy atom. The number of ether oxygens (including phenoxy) is 1. The van der Waals surface area contributed by atoms with Gasteiger partial charge in [-0.2, -0.15) is 13.2 Å². The van der Waals surface area contributed by atoms with Crippen molar-refractivity contribution in [3.8, 4) is 5.75 Å². The van der Waals surface area contributed by atoms with Crippen LogP contribution in [0.2, 0.25) is 0 Å². The van der Waals surface area contributed by atoms with E-state index in [0.717, 1.165) is 0 Å². The van der Waals surface area contributed by atoms with E-state index in [-0.39, 0.29) is 6.54 Å². The van der Waals surface area contributed by atoms with Gasteiger partial charge in [-0.05, 0) is 26.1 Å². The number of hydrogen-bond donors (Lipinski definition) is 2. The summed E-state index contributed by atoms with van der Waals surface area (Å²) in [5.41, 5.74) is 0.516. The molecule has 0 fully saturated rings. The summed E-state index contributed by atoms with van der Waals surface area (Å²) in [5.74, 6) is -0.633. The molecule has 0 radical (unpaired) electrons. The molecule has 2 N–H and O–H groups in total. The van der Waals surface area contributed by atoms with Gasteiger partial charge in [0.25, 0.3) is 0 Å². The first kappa shape index (κ1) is 19.8. The lowest BCUT2D eigenvalue weighted by Gasteiger charge is -2.23. The Hall–Kier alpha value is -2.29. The average molecular weight is 347 g/mol. The number of carbonyl (C=O) groups excluding carboxylic acids is 2. The minimum Gasteiger partial charge on any atom is -0.497 e. The molecular formula is C15H20F3N3O3. The maximum atomic E-state index is 12.1. The third-order valence-electron chi connectivity index (χ3n) is 3.25. The number of amides is 2. The van der Waals surface area contributed by atoms with E-state index in [1.54, 1.807) is 29.6 Å². The number of carbonyl (C=O) groups is 2. The highest BCUT2D eigenvalue weighted by molar-refractivity contribution is 5.93. The molecule has 0 unspecified atom stereocenters. The molecule has 24 heavy (non-hydrogen) atoms. The van der Waals surface area contributed by atoms with Crippen molar-refractivity contribution in [3.05, 3.63) is 24.3 Å². The molecule has 9 heteroatoms. The number of alkyl halides is 3. The highest BCUT2D eigenvalue weighted by atomic mass is 19.4. The second-order valence-corrected chi connectivity index (χ2v) is 5.20. The van der Waals surface area contributed by atoms with Crippen molar-refractivity contribution < 1.29 is 27.5 Å². The van der Waals surface area contributed by atoms with Crippen molar-refractivity contribution in [1.82, 2.24) is 10.2 Å². The molecular weight excluding hydrogens is 327 g/mol. The van der Waals surface area contributed by atoms with Gasteiger partial charge in [0.15, 0.2) is 0 Å². The molecule has 1 aromatic carbocycles. The minimum atomic E-state index is -4.47. The smallest absolute Gasteiger partial charge is 0.405 e. The number of anilines is 1. The second-order valence-electron chi connectivity index (χ2n) is 5.20. The number of hydrogen-bond acceptors (Lipinski definition) is 4. The van der Waals surface area contributed by atoms with E-state index in [1.165, 1.54) is 26.0 Å². The zero-order valence-corrected chi connectivity index (χ0v) is 13.6. The molecule has 0 aromatic heterocycles. The number of nitrogens with one attached hydrogen (secondary N) is 2. The van der Waals surface area contributed by atoms with Gasteiger partial charge in [-0.1, -0.05) is 6.07 Å². The monoisotopic (exact) mass is 347 g/mol. The van der Waals surface area contributed by atoms with Gasteiger partial charge in [-0.25, -0.2) is 0 Å². The van der Waals surface area contributed by atoms with E-state index < -0.39 is 30.6 Å². The molecule has 1 rings (SSSR count). The van der Waals surface area contributed by atoms with Crippen molar-refractivity contribution in [2.45, 2.75) is 19.1 Å². The maximum Gasteiger partial charge on any atom is 0.405 e. The Bertz CT molecular complexity index is 579. The topological polar surface area (TPSA) is 70.7 Å². The van der Waals surface area contributed by atoms with Gasteiger partial charge in [-0.3, -0.25) is 14.5 Å². The molecule has 0 saturated heterocycles. The number of methoxy groups -OCH3 is 1. The summed E-state index contributed by atoms with van der Waals surface area (Å²) in [6, 6.07) is 5.82. The lowest BCUT2D eigenvalue weighted by molar-refractivity contribution is -0.141. The van der Waals surface area contributed by atoms with Crippen molar-refractivity contribution in [3.63, 3.8) is 0 Å². The first-order valence-electron chi connectivity index (χ1n) is 7.11. The summed E-state index contributed by atoms with van der Waals surface area (Å²) in [6.45, 7) is -0.137. The van der Waals surface area contributed by atoms with Crippen LogP contribution in [0.15, 0.2) is 24.3 Å². The zero-order chi connectivity index (χ0) is 18.3. The highest BCUT2D eigenvalue weighted by Gasteiger charge is 2.29. The lowest BCUT2D eigenvalue weighted by atomic mass is 10.2. The average Bonchev–Trinajstić information content (AvgIpc) is 2.51. The Kier molecular flexibility index (Phi) is 7.02. The summed E-state index contributed by atoms with van der Waals surface area (Å²) in [5, 5.41) is 4.41. The summed E-state index contributed by atoms with van der Waals surface area (Å²) < 4.78 is 41.3. The second kappa shape index (κ2) is 8.53. The fourth-order valence-electron chi connectivity index (χ4n) is 1.80. The number of rotatable bonds is 7. The number of benzene rings is 1. The molecule has 6 nitrogen and oxygen atoms in total. The van der Waals surface area contributed by atoms with Crippen molar-refractivity contribution in [2.75, 3.05) is 32.6 Å².